The zero-order valence-corrected chi connectivity index (χ0v) is 48.4. The molecule has 78 heavy (non-hydrogen) atoms. The molecular formula is C71H88F2O5. The lowest BCUT2D eigenvalue weighted by Gasteiger charge is -2.35. The molecule has 0 radical (unpaired) electrons. The van der Waals surface area contributed by atoms with Crippen molar-refractivity contribution in [1.29, 1.82) is 0 Å². The van der Waals surface area contributed by atoms with Crippen molar-refractivity contribution in [3.63, 3.8) is 0 Å². The molecular weight excluding hydrogens is 971 g/mol. The topological polar surface area (TPSA) is 94.8 Å². The minimum atomic E-state index is -1.04. The van der Waals surface area contributed by atoms with Crippen LogP contribution in [0.5, 0.6) is 0 Å². The van der Waals surface area contributed by atoms with E-state index < -0.39 is 23.0 Å². The summed E-state index contributed by atoms with van der Waals surface area (Å²) >= 11 is 0. The van der Waals surface area contributed by atoms with Crippen LogP contribution >= 0.6 is 0 Å². The third-order valence-electron chi connectivity index (χ3n) is 18.6. The number of benzene rings is 6. The third kappa shape index (κ3) is 13.8. The Morgan fingerprint density at radius 3 is 1.10 bits per heavy atom. The minimum Gasteiger partial charge on any atom is -0.481 e. The third-order valence-corrected chi connectivity index (χ3v) is 18.6. The summed E-state index contributed by atoms with van der Waals surface area (Å²) < 4.78 is 29.3. The molecule has 0 unspecified atom stereocenters. The van der Waals surface area contributed by atoms with Crippen molar-refractivity contribution in [3.8, 4) is 22.3 Å². The van der Waals surface area contributed by atoms with Gasteiger partial charge in [-0.05, 0) is 213 Å². The molecule has 6 aromatic carbocycles. The lowest BCUT2D eigenvalue weighted by molar-refractivity contribution is -0.136. The molecule has 5 nitrogen and oxygen atoms in total. The Hall–Kier alpha value is -5.76. The van der Waals surface area contributed by atoms with Crippen LogP contribution in [0.15, 0.2) is 109 Å². The van der Waals surface area contributed by atoms with Gasteiger partial charge in [0.25, 0.3) is 0 Å². The number of ketones is 1. The Morgan fingerprint density at radius 2 is 0.795 bits per heavy atom. The fourth-order valence-electron chi connectivity index (χ4n) is 13.4. The molecule has 7 heteroatoms. The molecule has 0 heterocycles. The van der Waals surface area contributed by atoms with E-state index in [4.69, 9.17) is 5.11 Å². The van der Waals surface area contributed by atoms with Gasteiger partial charge in [0.1, 0.15) is 17.4 Å². The summed E-state index contributed by atoms with van der Waals surface area (Å²) in [7, 11) is 0. The number of Topliss-reactive ketones (excluding diaryl/α,β-unsaturated/α-hetero) is 1. The van der Waals surface area contributed by atoms with E-state index in [9.17, 15) is 28.6 Å². The number of carbonyl (C=O) groups excluding carboxylic acids is 1. The molecule has 8 rings (SSSR count). The molecule has 0 bridgehead atoms. The van der Waals surface area contributed by atoms with Crippen LogP contribution in [-0.4, -0.2) is 38.3 Å². The van der Waals surface area contributed by atoms with Crippen molar-refractivity contribution in [2.24, 2.45) is 0 Å². The quantitative estimate of drug-likeness (QED) is 0.0708. The number of aliphatic carboxylic acids is 1. The van der Waals surface area contributed by atoms with E-state index in [2.05, 4.69) is 128 Å². The zero-order chi connectivity index (χ0) is 56.4. The second-order valence-corrected chi connectivity index (χ2v) is 23.6. The predicted molar refractivity (Wildman–Crippen MR) is 317 cm³/mol. The second-order valence-electron chi connectivity index (χ2n) is 23.6. The largest absolute Gasteiger partial charge is 0.481 e. The Labute approximate surface area is 466 Å². The maximum absolute atomic E-state index is 14.7. The van der Waals surface area contributed by atoms with Crippen LogP contribution in [0, 0.1) is 39.3 Å². The van der Waals surface area contributed by atoms with Crippen LogP contribution in [0.2, 0.25) is 0 Å². The number of carboxylic acids is 1. The number of halogens is 2. The van der Waals surface area contributed by atoms with Crippen molar-refractivity contribution in [3.05, 3.63) is 188 Å². The van der Waals surface area contributed by atoms with Gasteiger partial charge in [-0.15, -0.1) is 0 Å². The van der Waals surface area contributed by atoms with Crippen LogP contribution < -0.4 is 0 Å². The molecule has 0 spiro atoms. The highest BCUT2D eigenvalue weighted by Gasteiger charge is 2.35. The van der Waals surface area contributed by atoms with Crippen molar-refractivity contribution in [1.82, 2.24) is 0 Å². The van der Waals surface area contributed by atoms with Crippen LogP contribution in [0.25, 0.3) is 22.3 Å². The summed E-state index contributed by atoms with van der Waals surface area (Å²) in [6, 6.07) is 36.9. The SMILES string of the molecule is CCC(CC)(c1ccc(CCC2(O)CCCCC2)c(C)c1)c1ccc(-c2ccc(CC(=O)O)c(F)c2)c(C)c1.CCC(CC)(c1ccc(CCC2(O)CCCCC2)c(C)c1)c1ccc(-c2ccc(CC(C)=O)c(F)c2)c(C)c1. The number of aliphatic hydroxyl groups is 2. The molecule has 2 fully saturated rings. The number of carboxylic acid groups (broad SMARTS) is 1. The van der Waals surface area contributed by atoms with E-state index >= 15 is 0 Å². The second kappa shape index (κ2) is 26.0. The maximum Gasteiger partial charge on any atom is 0.307 e. The van der Waals surface area contributed by atoms with Gasteiger partial charge in [0.2, 0.25) is 0 Å². The molecule has 3 N–H and O–H groups in total. The summed E-state index contributed by atoms with van der Waals surface area (Å²) in [5.41, 5.74) is 15.6. The van der Waals surface area contributed by atoms with Crippen molar-refractivity contribution < 1.29 is 33.7 Å². The molecule has 2 saturated carbocycles. The summed E-state index contributed by atoms with van der Waals surface area (Å²) in [5, 5.41) is 31.0. The molecule has 416 valence electrons. The lowest BCUT2D eigenvalue weighted by atomic mass is 9.69. The summed E-state index contributed by atoms with van der Waals surface area (Å²) in [6.07, 6.45) is 17.9. The fourth-order valence-corrected chi connectivity index (χ4v) is 13.4. The van der Waals surface area contributed by atoms with Crippen molar-refractivity contribution in [2.45, 2.75) is 213 Å². The van der Waals surface area contributed by atoms with Gasteiger partial charge < -0.3 is 15.3 Å². The van der Waals surface area contributed by atoms with Gasteiger partial charge in [0.05, 0.1) is 17.6 Å². The first-order chi connectivity index (χ1) is 37.2. The van der Waals surface area contributed by atoms with Gasteiger partial charge in [-0.25, -0.2) is 8.78 Å². The van der Waals surface area contributed by atoms with E-state index in [-0.39, 0.29) is 40.8 Å². The van der Waals surface area contributed by atoms with E-state index in [0.717, 1.165) is 136 Å². The fraction of sp³-hybridized carbons (Fsp3) is 0.465. The van der Waals surface area contributed by atoms with E-state index in [1.165, 1.54) is 70.3 Å². The van der Waals surface area contributed by atoms with Gasteiger partial charge in [0, 0.05) is 17.3 Å². The van der Waals surface area contributed by atoms with Gasteiger partial charge in [-0.1, -0.05) is 163 Å². The van der Waals surface area contributed by atoms with Gasteiger partial charge in [-0.3, -0.25) is 9.59 Å². The number of hydrogen-bond acceptors (Lipinski definition) is 4. The molecule has 2 aliphatic carbocycles. The number of aryl methyl sites for hydroxylation is 6. The van der Waals surface area contributed by atoms with Crippen molar-refractivity contribution >= 4 is 11.8 Å². The standard InChI is InChI=1S/C36H45FO2.C35H43FO3/c1-6-36(7-2,31-14-13-28(25(3)21-31)17-20-35(39)18-9-8-10-19-35)32-15-16-33(26(4)22-32)29-11-12-30(23-27(5)38)34(37)24-29;1-5-35(6-2,29-13-12-26(24(3)20-29)16-19-34(39)17-8-7-9-18-34)30-14-15-31(25(4)21-30)27-10-11-28(23-33(37)38)32(36)22-27/h11-16,21-22,24,39H,6-10,17-20,23H2,1-5H3;10-15,20-22,39H,5-9,16-19,23H2,1-4H3,(H,37,38). The summed E-state index contributed by atoms with van der Waals surface area (Å²) in [6.45, 7) is 19.0. The number of rotatable bonds is 20. The molecule has 0 amide bonds. The van der Waals surface area contributed by atoms with Gasteiger partial charge in [0.15, 0.2) is 0 Å². The minimum absolute atomic E-state index is 0.0394. The Morgan fingerprint density at radius 1 is 0.462 bits per heavy atom. The van der Waals surface area contributed by atoms with E-state index in [1.807, 2.05) is 12.1 Å². The Bertz CT molecular complexity index is 2830. The highest BCUT2D eigenvalue weighted by molar-refractivity contribution is 5.79. The first-order valence-electron chi connectivity index (χ1n) is 29.4. The average Bonchev–Trinajstić information content (AvgIpc) is 3.50. The molecule has 0 aliphatic heterocycles. The smallest absolute Gasteiger partial charge is 0.307 e. The molecule has 6 aromatic rings. The van der Waals surface area contributed by atoms with Crippen LogP contribution in [0.4, 0.5) is 8.78 Å². The van der Waals surface area contributed by atoms with Crippen LogP contribution in [0.1, 0.15) is 204 Å². The van der Waals surface area contributed by atoms with Crippen LogP contribution in [0.3, 0.4) is 0 Å². The van der Waals surface area contributed by atoms with Gasteiger partial charge >= 0.3 is 5.97 Å². The predicted octanol–water partition coefficient (Wildman–Crippen LogP) is 17.4. The average molecular weight is 1060 g/mol. The van der Waals surface area contributed by atoms with Gasteiger partial charge in [-0.2, -0.15) is 0 Å². The monoisotopic (exact) mass is 1060 g/mol. The van der Waals surface area contributed by atoms with E-state index in [0.29, 0.717) is 5.56 Å². The Balaban J connectivity index is 0.000000226. The molecule has 0 saturated heterocycles. The zero-order valence-electron chi connectivity index (χ0n) is 48.4. The number of hydrogen-bond donors (Lipinski definition) is 3. The molecule has 0 aromatic heterocycles. The first kappa shape index (κ1) is 59.9. The highest BCUT2D eigenvalue weighted by atomic mass is 19.1. The summed E-state index contributed by atoms with van der Waals surface area (Å²) in [4.78, 5) is 22.5. The Kier molecular flexibility index (Phi) is 20.0. The van der Waals surface area contributed by atoms with Crippen molar-refractivity contribution in [2.75, 3.05) is 0 Å². The normalized spacial score (nSPS) is 15.3. The molecule has 2 aliphatic rings. The number of carbonyl (C=O) groups is 2. The molecule has 0 atom stereocenters. The van der Waals surface area contributed by atoms with E-state index in [1.54, 1.807) is 18.2 Å². The van der Waals surface area contributed by atoms with Crippen LogP contribution in [-0.2, 0) is 46.1 Å². The highest BCUT2D eigenvalue weighted by Crippen LogP contribution is 2.44. The maximum atomic E-state index is 14.7. The first-order valence-corrected chi connectivity index (χ1v) is 29.4. The lowest BCUT2D eigenvalue weighted by Crippen LogP contribution is -2.31. The summed E-state index contributed by atoms with van der Waals surface area (Å²) in [5.74, 6) is -1.89.